The molecule has 0 aromatic carbocycles. The summed E-state index contributed by atoms with van der Waals surface area (Å²) in [5.41, 5.74) is 7.13. The van der Waals surface area contributed by atoms with E-state index in [4.69, 9.17) is 5.73 Å². The molecule has 3 heteroatoms. The maximum atomic E-state index is 5.85. The standard InChI is InChI=1S/C12H19N3/c1-10(13)9-11-5-4-6-14-12(11)15-7-2-3-8-15/h4-6,10H,2-3,7-9,13H2,1H3/t10-/m1/s1. The van der Waals surface area contributed by atoms with E-state index in [1.807, 2.05) is 19.2 Å². The van der Waals surface area contributed by atoms with Gasteiger partial charge in [0.15, 0.2) is 0 Å². The fourth-order valence-corrected chi connectivity index (χ4v) is 2.15. The Balaban J connectivity index is 2.20. The summed E-state index contributed by atoms with van der Waals surface area (Å²) >= 11 is 0. The van der Waals surface area contributed by atoms with Crippen LogP contribution in [0.15, 0.2) is 18.3 Å². The van der Waals surface area contributed by atoms with Gasteiger partial charge in [-0.2, -0.15) is 0 Å². The zero-order valence-corrected chi connectivity index (χ0v) is 9.32. The molecule has 0 amide bonds. The van der Waals surface area contributed by atoms with Crippen molar-refractivity contribution in [2.24, 2.45) is 5.73 Å². The van der Waals surface area contributed by atoms with Crippen molar-refractivity contribution in [2.75, 3.05) is 18.0 Å². The quantitative estimate of drug-likeness (QED) is 0.814. The van der Waals surface area contributed by atoms with Crippen molar-refractivity contribution >= 4 is 5.82 Å². The molecule has 2 N–H and O–H groups in total. The molecule has 3 nitrogen and oxygen atoms in total. The first kappa shape index (κ1) is 10.4. The average Bonchev–Trinajstić information content (AvgIpc) is 2.70. The molecule has 0 radical (unpaired) electrons. The van der Waals surface area contributed by atoms with Crippen molar-refractivity contribution in [1.82, 2.24) is 4.98 Å². The molecule has 2 rings (SSSR count). The Kier molecular flexibility index (Phi) is 3.21. The van der Waals surface area contributed by atoms with Crippen LogP contribution in [0, 0.1) is 0 Å². The van der Waals surface area contributed by atoms with Gasteiger partial charge in [0.2, 0.25) is 0 Å². The minimum atomic E-state index is 0.204. The number of nitrogens with zero attached hydrogens (tertiary/aromatic N) is 2. The summed E-state index contributed by atoms with van der Waals surface area (Å²) in [7, 11) is 0. The van der Waals surface area contributed by atoms with E-state index < -0.39 is 0 Å². The summed E-state index contributed by atoms with van der Waals surface area (Å²) in [4.78, 5) is 6.86. The topological polar surface area (TPSA) is 42.1 Å². The lowest BCUT2D eigenvalue weighted by Crippen LogP contribution is -2.24. The first-order valence-corrected chi connectivity index (χ1v) is 5.72. The van der Waals surface area contributed by atoms with Crippen LogP contribution in [0.25, 0.3) is 0 Å². The van der Waals surface area contributed by atoms with E-state index in [0.29, 0.717) is 0 Å². The predicted molar refractivity (Wildman–Crippen MR) is 63.0 cm³/mol. The van der Waals surface area contributed by atoms with Gasteiger partial charge in [-0.05, 0) is 37.8 Å². The number of hydrogen-bond donors (Lipinski definition) is 1. The Bertz CT molecular complexity index is 316. The summed E-state index contributed by atoms with van der Waals surface area (Å²) < 4.78 is 0. The lowest BCUT2D eigenvalue weighted by molar-refractivity contribution is 0.731. The first-order chi connectivity index (χ1) is 7.27. The smallest absolute Gasteiger partial charge is 0.131 e. The Morgan fingerprint density at radius 3 is 2.87 bits per heavy atom. The molecule has 1 saturated heterocycles. The number of anilines is 1. The summed E-state index contributed by atoms with van der Waals surface area (Å²) in [6.07, 6.45) is 5.36. The van der Waals surface area contributed by atoms with E-state index in [2.05, 4.69) is 16.0 Å². The van der Waals surface area contributed by atoms with Crippen LogP contribution in [-0.2, 0) is 6.42 Å². The van der Waals surface area contributed by atoms with Gasteiger partial charge in [0.05, 0.1) is 0 Å². The van der Waals surface area contributed by atoms with Crippen molar-refractivity contribution in [1.29, 1.82) is 0 Å². The average molecular weight is 205 g/mol. The van der Waals surface area contributed by atoms with Crippen LogP contribution in [0.4, 0.5) is 5.82 Å². The van der Waals surface area contributed by atoms with E-state index in [1.165, 1.54) is 18.4 Å². The lowest BCUT2D eigenvalue weighted by Gasteiger charge is -2.20. The Hall–Kier alpha value is -1.09. The maximum Gasteiger partial charge on any atom is 0.131 e. The summed E-state index contributed by atoms with van der Waals surface area (Å²) in [5, 5.41) is 0. The maximum absolute atomic E-state index is 5.85. The van der Waals surface area contributed by atoms with Crippen molar-refractivity contribution in [2.45, 2.75) is 32.2 Å². The van der Waals surface area contributed by atoms with Crippen LogP contribution in [0.3, 0.4) is 0 Å². The van der Waals surface area contributed by atoms with Crippen molar-refractivity contribution in [3.63, 3.8) is 0 Å². The molecule has 2 heterocycles. The molecule has 1 aliphatic heterocycles. The molecule has 1 aliphatic rings. The highest BCUT2D eigenvalue weighted by atomic mass is 15.2. The molecule has 0 bridgehead atoms. The van der Waals surface area contributed by atoms with Gasteiger partial charge in [0, 0.05) is 25.3 Å². The molecule has 0 spiro atoms. The summed E-state index contributed by atoms with van der Waals surface area (Å²) in [6, 6.07) is 4.34. The van der Waals surface area contributed by atoms with Gasteiger partial charge >= 0.3 is 0 Å². The molecule has 1 aromatic rings. The van der Waals surface area contributed by atoms with Crippen LogP contribution >= 0.6 is 0 Å². The fourth-order valence-electron chi connectivity index (χ4n) is 2.15. The molecule has 0 saturated carbocycles. The Morgan fingerprint density at radius 2 is 2.20 bits per heavy atom. The molecular weight excluding hydrogens is 186 g/mol. The van der Waals surface area contributed by atoms with Gasteiger partial charge in [0.25, 0.3) is 0 Å². The highest BCUT2D eigenvalue weighted by Gasteiger charge is 2.16. The number of nitrogens with two attached hydrogens (primary N) is 1. The van der Waals surface area contributed by atoms with Crippen LogP contribution in [0.1, 0.15) is 25.3 Å². The molecule has 1 atom stereocenters. The predicted octanol–water partition coefficient (Wildman–Crippen LogP) is 1.57. The van der Waals surface area contributed by atoms with Gasteiger partial charge in [-0.3, -0.25) is 0 Å². The highest BCUT2D eigenvalue weighted by molar-refractivity contribution is 5.47. The van der Waals surface area contributed by atoms with Gasteiger partial charge < -0.3 is 10.6 Å². The molecule has 1 aromatic heterocycles. The monoisotopic (exact) mass is 205 g/mol. The van der Waals surface area contributed by atoms with Crippen molar-refractivity contribution < 1.29 is 0 Å². The Labute approximate surface area is 91.3 Å². The molecular formula is C12H19N3. The largest absolute Gasteiger partial charge is 0.356 e. The second-order valence-electron chi connectivity index (χ2n) is 4.36. The number of aromatic nitrogens is 1. The number of rotatable bonds is 3. The van der Waals surface area contributed by atoms with E-state index in [1.54, 1.807) is 0 Å². The fraction of sp³-hybridized carbons (Fsp3) is 0.583. The van der Waals surface area contributed by atoms with E-state index in [-0.39, 0.29) is 6.04 Å². The molecule has 0 unspecified atom stereocenters. The second kappa shape index (κ2) is 4.62. The first-order valence-electron chi connectivity index (χ1n) is 5.72. The van der Waals surface area contributed by atoms with Crippen molar-refractivity contribution in [3.8, 4) is 0 Å². The van der Waals surface area contributed by atoms with Gasteiger partial charge in [0.1, 0.15) is 5.82 Å². The second-order valence-corrected chi connectivity index (χ2v) is 4.36. The molecule has 82 valence electrons. The summed E-state index contributed by atoms with van der Waals surface area (Å²) in [5.74, 6) is 1.15. The van der Waals surface area contributed by atoms with Crippen LogP contribution < -0.4 is 10.6 Å². The normalized spacial score (nSPS) is 18.1. The van der Waals surface area contributed by atoms with E-state index in [9.17, 15) is 0 Å². The van der Waals surface area contributed by atoms with E-state index in [0.717, 1.165) is 25.3 Å². The van der Waals surface area contributed by atoms with Crippen molar-refractivity contribution in [3.05, 3.63) is 23.9 Å². The third kappa shape index (κ3) is 2.48. The lowest BCUT2D eigenvalue weighted by atomic mass is 10.1. The van der Waals surface area contributed by atoms with E-state index >= 15 is 0 Å². The third-order valence-corrected chi connectivity index (χ3v) is 2.81. The molecule has 1 fully saturated rings. The van der Waals surface area contributed by atoms with Gasteiger partial charge in [-0.25, -0.2) is 4.98 Å². The molecule has 15 heavy (non-hydrogen) atoms. The molecule has 0 aliphatic carbocycles. The highest BCUT2D eigenvalue weighted by Crippen LogP contribution is 2.22. The van der Waals surface area contributed by atoms with Crippen LogP contribution in [0.5, 0.6) is 0 Å². The Morgan fingerprint density at radius 1 is 1.47 bits per heavy atom. The zero-order chi connectivity index (χ0) is 10.7. The SMILES string of the molecule is C[C@@H](N)Cc1cccnc1N1CCCC1. The van der Waals surface area contributed by atoms with Crippen LogP contribution in [0.2, 0.25) is 0 Å². The van der Waals surface area contributed by atoms with Gasteiger partial charge in [-0.15, -0.1) is 0 Å². The van der Waals surface area contributed by atoms with Gasteiger partial charge in [-0.1, -0.05) is 6.07 Å². The number of hydrogen-bond acceptors (Lipinski definition) is 3. The minimum absolute atomic E-state index is 0.204. The zero-order valence-electron chi connectivity index (χ0n) is 9.32. The van der Waals surface area contributed by atoms with Crippen LogP contribution in [-0.4, -0.2) is 24.1 Å². The number of pyridine rings is 1. The summed E-state index contributed by atoms with van der Waals surface area (Å²) in [6.45, 7) is 4.33. The third-order valence-electron chi connectivity index (χ3n) is 2.81. The minimum Gasteiger partial charge on any atom is -0.356 e.